The summed E-state index contributed by atoms with van der Waals surface area (Å²) in [6.07, 6.45) is 3.07. The van der Waals surface area contributed by atoms with E-state index < -0.39 is 0 Å². The van der Waals surface area contributed by atoms with Crippen molar-refractivity contribution >= 4 is 34.2 Å². The van der Waals surface area contributed by atoms with E-state index in [-0.39, 0.29) is 0 Å². The number of aryl methyl sites for hydroxylation is 1. The van der Waals surface area contributed by atoms with E-state index in [0.717, 1.165) is 47.7 Å². The first-order chi connectivity index (χ1) is 10.1. The lowest BCUT2D eigenvalue weighted by molar-refractivity contribution is 0.157. The highest BCUT2D eigenvalue weighted by Crippen LogP contribution is 2.33. The van der Waals surface area contributed by atoms with Gasteiger partial charge in [0.25, 0.3) is 0 Å². The summed E-state index contributed by atoms with van der Waals surface area (Å²) >= 11 is 12.3. The van der Waals surface area contributed by atoms with Crippen LogP contribution in [-0.4, -0.2) is 40.0 Å². The maximum atomic E-state index is 6.32. The van der Waals surface area contributed by atoms with E-state index in [9.17, 15) is 0 Å². The number of aromatic nitrogens is 2. The highest BCUT2D eigenvalue weighted by Gasteiger charge is 2.27. The smallest absolute Gasteiger partial charge is 0.111 e. The van der Waals surface area contributed by atoms with Crippen LogP contribution in [0.25, 0.3) is 11.0 Å². The molecule has 0 bridgehead atoms. The van der Waals surface area contributed by atoms with Crippen molar-refractivity contribution in [3.05, 3.63) is 29.0 Å². The Balaban J connectivity index is 2.07. The number of alkyl halides is 1. The van der Waals surface area contributed by atoms with E-state index in [4.69, 9.17) is 28.2 Å². The summed E-state index contributed by atoms with van der Waals surface area (Å²) in [5, 5.41) is 0.725. The number of piperidine rings is 1. The fourth-order valence-electron chi connectivity index (χ4n) is 3.30. The van der Waals surface area contributed by atoms with Crippen LogP contribution in [0.3, 0.4) is 0 Å². The monoisotopic (exact) mass is 325 g/mol. The molecule has 1 aromatic carbocycles. The third-order valence-electron chi connectivity index (χ3n) is 4.61. The van der Waals surface area contributed by atoms with Crippen molar-refractivity contribution in [2.24, 2.45) is 0 Å². The van der Waals surface area contributed by atoms with Crippen molar-refractivity contribution < 1.29 is 0 Å². The molecule has 1 aliphatic rings. The lowest BCUT2D eigenvalue weighted by Crippen LogP contribution is -2.38. The van der Waals surface area contributed by atoms with Gasteiger partial charge in [0.15, 0.2) is 0 Å². The summed E-state index contributed by atoms with van der Waals surface area (Å²) in [5.74, 6) is 1.65. The molecule has 0 radical (unpaired) electrons. The minimum atomic E-state index is 0.484. The van der Waals surface area contributed by atoms with Gasteiger partial charge in [0, 0.05) is 30.9 Å². The van der Waals surface area contributed by atoms with E-state index >= 15 is 0 Å². The average Bonchev–Trinajstić information content (AvgIpc) is 2.82. The molecule has 0 saturated carbocycles. The van der Waals surface area contributed by atoms with Crippen LogP contribution < -0.4 is 0 Å². The molecule has 2 atom stereocenters. The Bertz CT molecular complexity index is 638. The van der Waals surface area contributed by atoms with Crippen LogP contribution in [0, 0.1) is 0 Å². The summed E-state index contributed by atoms with van der Waals surface area (Å²) in [7, 11) is 2.20. The van der Waals surface area contributed by atoms with Gasteiger partial charge in [-0.05, 0) is 38.9 Å². The Morgan fingerprint density at radius 3 is 2.90 bits per heavy atom. The fraction of sp³-hybridized carbons (Fsp3) is 0.562. The van der Waals surface area contributed by atoms with Crippen LogP contribution in [0.15, 0.2) is 18.2 Å². The number of para-hydroxylation sites is 1. The van der Waals surface area contributed by atoms with Gasteiger partial charge in [-0.3, -0.25) is 0 Å². The Hall–Kier alpha value is -0.770. The van der Waals surface area contributed by atoms with Gasteiger partial charge in [0.1, 0.15) is 11.3 Å². The van der Waals surface area contributed by atoms with Gasteiger partial charge in [-0.15, -0.1) is 11.6 Å². The lowest BCUT2D eigenvalue weighted by Gasteiger charge is -2.36. The van der Waals surface area contributed by atoms with E-state index in [1.54, 1.807) is 0 Å². The standard InChI is InChI=1S/C16H21Cl2N3/c1-11-10-12(7-9-20(11)2)21-14-5-3-4-13(18)16(14)19-15(21)6-8-17/h3-5,11-12H,6-10H2,1-2H3. The van der Waals surface area contributed by atoms with Crippen molar-refractivity contribution in [3.63, 3.8) is 0 Å². The molecule has 0 spiro atoms. The van der Waals surface area contributed by atoms with Gasteiger partial charge in [-0.1, -0.05) is 17.7 Å². The molecule has 1 saturated heterocycles. The summed E-state index contributed by atoms with van der Waals surface area (Å²) in [6, 6.07) is 7.10. The minimum absolute atomic E-state index is 0.484. The van der Waals surface area contributed by atoms with E-state index in [1.807, 2.05) is 12.1 Å². The zero-order chi connectivity index (χ0) is 15.0. The molecule has 2 heterocycles. The van der Waals surface area contributed by atoms with E-state index in [2.05, 4.69) is 29.5 Å². The Labute approximate surface area is 135 Å². The van der Waals surface area contributed by atoms with Gasteiger partial charge in [-0.2, -0.15) is 0 Å². The zero-order valence-corrected chi connectivity index (χ0v) is 14.0. The molecule has 3 rings (SSSR count). The Morgan fingerprint density at radius 1 is 1.38 bits per heavy atom. The Morgan fingerprint density at radius 2 is 2.19 bits per heavy atom. The van der Waals surface area contributed by atoms with Gasteiger partial charge in [-0.25, -0.2) is 4.98 Å². The van der Waals surface area contributed by atoms with Gasteiger partial charge >= 0.3 is 0 Å². The third-order valence-corrected chi connectivity index (χ3v) is 5.10. The van der Waals surface area contributed by atoms with E-state index in [1.165, 1.54) is 0 Å². The molecule has 3 nitrogen and oxygen atoms in total. The molecule has 1 aromatic heterocycles. The molecule has 5 heteroatoms. The predicted octanol–water partition coefficient (Wildman–Crippen LogP) is 4.13. The van der Waals surface area contributed by atoms with Crippen LogP contribution in [-0.2, 0) is 6.42 Å². The number of hydrogen-bond donors (Lipinski definition) is 0. The van der Waals surface area contributed by atoms with Crippen LogP contribution in [0.5, 0.6) is 0 Å². The number of rotatable bonds is 3. The van der Waals surface area contributed by atoms with Crippen molar-refractivity contribution in [3.8, 4) is 0 Å². The predicted molar refractivity (Wildman–Crippen MR) is 89.5 cm³/mol. The second-order valence-corrected chi connectivity index (χ2v) is 6.74. The normalized spacial score (nSPS) is 23.8. The summed E-state index contributed by atoms with van der Waals surface area (Å²) in [5.41, 5.74) is 2.05. The van der Waals surface area contributed by atoms with Gasteiger partial charge < -0.3 is 9.47 Å². The molecule has 1 aliphatic heterocycles. The SMILES string of the molecule is CC1CC(n2c(CCCl)nc3c(Cl)cccc32)CCN1C. The maximum absolute atomic E-state index is 6.32. The number of likely N-dealkylation sites (tertiary alicyclic amines) is 1. The molecular formula is C16H21Cl2N3. The third kappa shape index (κ3) is 2.79. The van der Waals surface area contributed by atoms with Crippen molar-refractivity contribution in [1.82, 2.24) is 14.5 Å². The molecule has 1 fully saturated rings. The summed E-state index contributed by atoms with van der Waals surface area (Å²) in [4.78, 5) is 7.17. The lowest BCUT2D eigenvalue weighted by atomic mass is 9.98. The second kappa shape index (κ2) is 6.15. The van der Waals surface area contributed by atoms with Crippen molar-refractivity contribution in [2.75, 3.05) is 19.5 Å². The number of benzene rings is 1. The van der Waals surface area contributed by atoms with Crippen LogP contribution in [0.2, 0.25) is 5.02 Å². The molecule has 114 valence electrons. The summed E-state index contributed by atoms with van der Waals surface area (Å²) < 4.78 is 2.38. The van der Waals surface area contributed by atoms with Crippen molar-refractivity contribution in [2.45, 2.75) is 38.3 Å². The van der Waals surface area contributed by atoms with Crippen LogP contribution >= 0.6 is 23.2 Å². The number of fused-ring (bicyclic) bond motifs is 1. The Kier molecular flexibility index (Phi) is 4.43. The van der Waals surface area contributed by atoms with Crippen molar-refractivity contribution in [1.29, 1.82) is 0 Å². The number of hydrogen-bond acceptors (Lipinski definition) is 2. The zero-order valence-electron chi connectivity index (χ0n) is 12.5. The minimum Gasteiger partial charge on any atom is -0.325 e. The summed E-state index contributed by atoms with van der Waals surface area (Å²) in [6.45, 7) is 3.41. The number of imidazole rings is 1. The number of nitrogens with zero attached hydrogens (tertiary/aromatic N) is 3. The van der Waals surface area contributed by atoms with E-state index in [0.29, 0.717) is 18.0 Å². The fourth-order valence-corrected chi connectivity index (χ4v) is 3.68. The first-order valence-electron chi connectivity index (χ1n) is 7.53. The molecule has 2 unspecified atom stereocenters. The highest BCUT2D eigenvalue weighted by molar-refractivity contribution is 6.34. The molecule has 0 amide bonds. The highest BCUT2D eigenvalue weighted by atomic mass is 35.5. The largest absolute Gasteiger partial charge is 0.325 e. The van der Waals surface area contributed by atoms with Crippen LogP contribution in [0.4, 0.5) is 0 Å². The molecular weight excluding hydrogens is 305 g/mol. The topological polar surface area (TPSA) is 21.1 Å². The number of halogens is 2. The second-order valence-electron chi connectivity index (χ2n) is 5.95. The first-order valence-corrected chi connectivity index (χ1v) is 8.44. The van der Waals surface area contributed by atoms with Crippen LogP contribution in [0.1, 0.15) is 31.6 Å². The quantitative estimate of drug-likeness (QED) is 0.791. The van der Waals surface area contributed by atoms with Gasteiger partial charge in [0.2, 0.25) is 0 Å². The molecule has 0 aliphatic carbocycles. The average molecular weight is 326 g/mol. The van der Waals surface area contributed by atoms with Gasteiger partial charge in [0.05, 0.1) is 10.5 Å². The maximum Gasteiger partial charge on any atom is 0.111 e. The molecule has 0 N–H and O–H groups in total. The molecule has 2 aromatic rings. The molecule has 21 heavy (non-hydrogen) atoms. The first kappa shape index (κ1) is 15.1.